The number of fused-ring (bicyclic) bond motifs is 16. The molecule has 24 nitrogen and oxygen atoms in total. The van der Waals surface area contributed by atoms with Gasteiger partial charge in [-0.05, 0) is 76.2 Å². The van der Waals surface area contributed by atoms with E-state index >= 15 is 0 Å². The van der Waals surface area contributed by atoms with Crippen LogP contribution in [0.2, 0.25) is 0 Å². The average molecular weight is 1110 g/mol. The van der Waals surface area contributed by atoms with Crippen LogP contribution in [0.4, 0.5) is 0 Å². The SMILES string of the molecule is C[C@@H]1NC(=O)c2ccccc2-c2n[nH]c(n2)-c2ccccc2C(=O)N[C@@H](C)C(=O)OCc2cccc(n2)COC(=O)[C@H](C)NC(=O)c2ccccc2-c2nc(n[nH]2)-c2ccccc2C(=O)N[C@@H](C)C(=O)OCc2cccc(n2)COC1=O. The third-order valence-electron chi connectivity index (χ3n) is 12.6. The molecule has 0 fully saturated rings. The summed E-state index contributed by atoms with van der Waals surface area (Å²) in [6, 6.07) is 31.0. The van der Waals surface area contributed by atoms with Crippen molar-refractivity contribution in [2.75, 3.05) is 0 Å². The molecule has 6 N–H and O–H groups in total. The zero-order valence-corrected chi connectivity index (χ0v) is 44.4. The number of rotatable bonds is 0. The molecule has 0 spiro atoms. The van der Waals surface area contributed by atoms with E-state index in [9.17, 15) is 38.4 Å². The van der Waals surface area contributed by atoms with Gasteiger partial charge in [0.15, 0.2) is 23.3 Å². The molecule has 8 bridgehead atoms. The van der Waals surface area contributed by atoms with Crippen LogP contribution in [0.25, 0.3) is 45.6 Å². The first-order valence-corrected chi connectivity index (χ1v) is 25.6. The van der Waals surface area contributed by atoms with Crippen LogP contribution in [0.1, 0.15) is 91.9 Å². The third-order valence-corrected chi connectivity index (χ3v) is 12.6. The Hall–Kier alpha value is -10.8. The number of aromatic amines is 2. The standard InChI is InChI=1S/C58H52N12O12/c1-31-55(75)79-27-35-15-13-16-36(63-35)28-80-56(76)32(2)60-53(73)45-25-11-7-21-41(45)49-66-50(70-69-49)42-22-8-12-26-46(42)54(74)62-34(4)58(78)82-30-38-18-14-17-37(64-38)29-81-57(77)33(3)61-52(72)44-24-10-6-20-40(44)48-65-47(67-68-48)39-19-5-9-23-43(39)51(71)59-31/h5-26,31-34H,27-30H2,1-4H3,(H,59,71)(H,60,73)(H,61,72)(H,62,74)(H,65,67,68)(H,66,69,70)/t31-,32-,33-,34-/m0/s1. The second kappa shape index (κ2) is 25.3. The van der Waals surface area contributed by atoms with Crippen LogP contribution < -0.4 is 21.3 Å². The molecule has 0 saturated heterocycles. The Morgan fingerprint density at radius 1 is 0.317 bits per heavy atom. The minimum Gasteiger partial charge on any atom is -0.458 e. The lowest BCUT2D eigenvalue weighted by Gasteiger charge is -2.15. The van der Waals surface area contributed by atoms with Crippen LogP contribution in [0, 0.1) is 0 Å². The van der Waals surface area contributed by atoms with E-state index in [4.69, 9.17) is 18.9 Å². The van der Waals surface area contributed by atoms with Crippen molar-refractivity contribution in [3.8, 4) is 45.6 Å². The lowest BCUT2D eigenvalue weighted by Crippen LogP contribution is -2.39. The molecule has 4 amide bonds. The maximum absolute atomic E-state index is 13.7. The van der Waals surface area contributed by atoms with Crippen LogP contribution >= 0.6 is 0 Å². The fourth-order valence-electron chi connectivity index (χ4n) is 8.33. The number of amides is 4. The van der Waals surface area contributed by atoms with Crippen LogP contribution in [0.15, 0.2) is 133 Å². The summed E-state index contributed by atoms with van der Waals surface area (Å²) < 4.78 is 22.0. The van der Waals surface area contributed by atoms with Crippen LogP contribution in [0.5, 0.6) is 0 Å². The van der Waals surface area contributed by atoms with Crippen molar-refractivity contribution in [1.29, 1.82) is 0 Å². The van der Waals surface area contributed by atoms with E-state index in [1.165, 1.54) is 52.0 Å². The molecule has 4 aromatic heterocycles. The van der Waals surface area contributed by atoms with Crippen LogP contribution in [-0.4, -0.2) is 112 Å². The van der Waals surface area contributed by atoms with Crippen LogP contribution in [-0.2, 0) is 64.6 Å². The number of esters is 4. The Bertz CT molecular complexity index is 3280. The van der Waals surface area contributed by atoms with E-state index < -0.39 is 71.7 Å². The van der Waals surface area contributed by atoms with E-state index in [0.29, 0.717) is 45.0 Å². The van der Waals surface area contributed by atoms with Gasteiger partial charge in [0.25, 0.3) is 23.6 Å². The summed E-state index contributed by atoms with van der Waals surface area (Å²) in [5, 5.41) is 24.9. The second-order valence-electron chi connectivity index (χ2n) is 18.6. The fourth-order valence-corrected chi connectivity index (χ4v) is 8.33. The number of aromatic nitrogens is 8. The number of hydrogen-bond donors (Lipinski definition) is 6. The van der Waals surface area contributed by atoms with Gasteiger partial charge in [0.1, 0.15) is 50.6 Å². The molecule has 0 saturated carbocycles. The third kappa shape index (κ3) is 13.4. The Morgan fingerprint density at radius 2 is 0.561 bits per heavy atom. The molecule has 0 aliphatic carbocycles. The first-order valence-electron chi connectivity index (χ1n) is 25.6. The topological polar surface area (TPSA) is 331 Å². The molecular weight excluding hydrogens is 1060 g/mol. The Kier molecular flexibility index (Phi) is 17.3. The van der Waals surface area contributed by atoms with Gasteiger partial charge in [-0.1, -0.05) is 84.9 Å². The first-order chi connectivity index (χ1) is 39.6. The molecular formula is C58H52N12O12. The molecule has 4 aromatic carbocycles. The molecule has 4 atom stereocenters. The predicted octanol–water partition coefficient (Wildman–Crippen LogP) is 5.14. The number of ether oxygens (including phenoxy) is 4. The van der Waals surface area contributed by atoms with Crippen molar-refractivity contribution >= 4 is 47.5 Å². The van der Waals surface area contributed by atoms with Gasteiger partial charge in [0.05, 0.1) is 45.0 Å². The van der Waals surface area contributed by atoms with Crippen molar-refractivity contribution in [2.24, 2.45) is 0 Å². The average Bonchev–Trinajstić information content (AvgIpc) is 4.22. The van der Waals surface area contributed by atoms with E-state index in [1.54, 1.807) is 109 Å². The number of carbonyl (C=O) groups is 8. The van der Waals surface area contributed by atoms with Gasteiger partial charge < -0.3 is 40.2 Å². The molecule has 0 unspecified atom stereocenters. The molecule has 1 aliphatic heterocycles. The quantitative estimate of drug-likeness (QED) is 0.0845. The molecule has 0 radical (unpaired) electrons. The Labute approximate surface area is 467 Å². The van der Waals surface area contributed by atoms with Crippen molar-refractivity contribution in [3.05, 3.63) is 178 Å². The van der Waals surface area contributed by atoms with E-state index in [1.807, 2.05) is 0 Å². The summed E-state index contributed by atoms with van der Waals surface area (Å²) >= 11 is 0. The van der Waals surface area contributed by atoms with Gasteiger partial charge in [-0.3, -0.25) is 39.3 Å². The molecule has 8 aromatic rings. The summed E-state index contributed by atoms with van der Waals surface area (Å²) in [5.74, 6) is -5.09. The predicted molar refractivity (Wildman–Crippen MR) is 290 cm³/mol. The lowest BCUT2D eigenvalue weighted by atomic mass is 10.0. The molecule has 5 heterocycles. The summed E-state index contributed by atoms with van der Waals surface area (Å²) in [5.41, 5.74) is 3.04. The maximum Gasteiger partial charge on any atom is 0.328 e. The molecule has 82 heavy (non-hydrogen) atoms. The monoisotopic (exact) mass is 1110 g/mol. The molecule has 416 valence electrons. The first kappa shape index (κ1) is 56.0. The number of nitrogens with one attached hydrogen (secondary N) is 6. The van der Waals surface area contributed by atoms with Gasteiger partial charge in [-0.15, -0.1) is 0 Å². The van der Waals surface area contributed by atoms with Crippen molar-refractivity contribution in [1.82, 2.24) is 61.6 Å². The number of hydrogen-bond acceptors (Lipinski definition) is 18. The van der Waals surface area contributed by atoms with Gasteiger partial charge in [0, 0.05) is 22.3 Å². The summed E-state index contributed by atoms with van der Waals surface area (Å²) in [7, 11) is 0. The highest BCUT2D eigenvalue weighted by Crippen LogP contribution is 2.28. The van der Waals surface area contributed by atoms with Crippen molar-refractivity contribution < 1.29 is 57.3 Å². The summed E-state index contributed by atoms with van der Waals surface area (Å²) in [6.07, 6.45) is 0. The van der Waals surface area contributed by atoms with Gasteiger partial charge in [-0.25, -0.2) is 29.1 Å². The normalized spacial score (nSPS) is 18.3. The smallest absolute Gasteiger partial charge is 0.328 e. The van der Waals surface area contributed by atoms with E-state index in [0.717, 1.165) is 0 Å². The molecule has 1 aliphatic rings. The Morgan fingerprint density at radius 3 is 0.841 bits per heavy atom. The summed E-state index contributed by atoms with van der Waals surface area (Å²) in [6.45, 7) is 4.65. The largest absolute Gasteiger partial charge is 0.458 e. The summed E-state index contributed by atoms with van der Waals surface area (Å²) in [4.78, 5) is 126. The number of H-pyrrole nitrogens is 2. The van der Waals surface area contributed by atoms with Gasteiger partial charge >= 0.3 is 23.9 Å². The molecule has 9 rings (SSSR count). The number of nitrogens with zero attached hydrogens (tertiary/aromatic N) is 6. The van der Waals surface area contributed by atoms with E-state index in [-0.39, 0.29) is 72.0 Å². The number of benzene rings is 4. The minimum absolute atomic E-state index is 0.0999. The zero-order valence-electron chi connectivity index (χ0n) is 44.4. The highest BCUT2D eigenvalue weighted by Gasteiger charge is 2.27. The number of cyclic esters (lactones) is 4. The fraction of sp³-hybridized carbons (Fsp3) is 0.207. The highest BCUT2D eigenvalue weighted by atomic mass is 16.5. The maximum atomic E-state index is 13.7. The molecule has 24 heteroatoms. The number of pyridine rings is 2. The van der Waals surface area contributed by atoms with Crippen molar-refractivity contribution in [3.63, 3.8) is 0 Å². The van der Waals surface area contributed by atoms with Gasteiger partial charge in [-0.2, -0.15) is 10.2 Å². The second-order valence-corrected chi connectivity index (χ2v) is 18.6. The highest BCUT2D eigenvalue weighted by molar-refractivity contribution is 6.05. The van der Waals surface area contributed by atoms with Crippen LogP contribution in [0.3, 0.4) is 0 Å². The van der Waals surface area contributed by atoms with Gasteiger partial charge in [0.2, 0.25) is 0 Å². The van der Waals surface area contributed by atoms with Crippen molar-refractivity contribution in [2.45, 2.75) is 78.3 Å². The number of carbonyl (C=O) groups excluding carboxylic acids is 8. The van der Waals surface area contributed by atoms with E-state index in [2.05, 4.69) is 61.6 Å². The Balaban J connectivity index is 0.931. The zero-order chi connectivity index (χ0) is 57.9. The minimum atomic E-state index is -1.13. The lowest BCUT2D eigenvalue weighted by molar-refractivity contribution is -0.148.